The Kier molecular flexibility index (Phi) is 6.28. The van der Waals surface area contributed by atoms with Crippen molar-refractivity contribution >= 4 is 21.9 Å². The Labute approximate surface area is 229 Å². The highest BCUT2D eigenvalue weighted by molar-refractivity contribution is 5.97. The molecule has 4 aromatic heterocycles. The molecule has 9 heteroatoms. The molecule has 1 aliphatic rings. The third kappa shape index (κ3) is 4.52. The van der Waals surface area contributed by atoms with Gasteiger partial charge in [-0.3, -0.25) is 15.1 Å². The van der Waals surface area contributed by atoms with Crippen LogP contribution in [0.2, 0.25) is 0 Å². The third-order valence-corrected chi connectivity index (χ3v) is 7.75. The lowest BCUT2D eigenvalue weighted by Crippen LogP contribution is -2.20. The van der Waals surface area contributed by atoms with Gasteiger partial charge < -0.3 is 10.3 Å². The maximum atomic E-state index is 15.3. The molecule has 1 aliphatic carbocycles. The zero-order chi connectivity index (χ0) is 27.1. The van der Waals surface area contributed by atoms with Crippen molar-refractivity contribution in [3.05, 3.63) is 84.3 Å². The number of hydrogen-bond acceptors (Lipinski definition) is 5. The SMILES string of the molecule is Fc1cc2[nH]nc(-c3nc4c(-c5ccccc5F)nccc4[nH]3)c2cc1-c1cncc(CNCC2CCCC2)c1. The Hall–Kier alpha value is -4.50. The fourth-order valence-electron chi connectivity index (χ4n) is 5.70. The number of aromatic amines is 2. The number of hydrogen-bond donors (Lipinski definition) is 3. The molecule has 0 radical (unpaired) electrons. The van der Waals surface area contributed by atoms with Gasteiger partial charge in [0.15, 0.2) is 5.82 Å². The Morgan fingerprint density at radius 1 is 0.900 bits per heavy atom. The van der Waals surface area contributed by atoms with Crippen LogP contribution in [0.4, 0.5) is 8.78 Å². The smallest absolute Gasteiger partial charge is 0.159 e. The summed E-state index contributed by atoms with van der Waals surface area (Å²) in [7, 11) is 0. The molecule has 0 saturated heterocycles. The van der Waals surface area contributed by atoms with Gasteiger partial charge in [-0.1, -0.05) is 25.0 Å². The standard InChI is InChI=1S/C31H27F2N7/c32-24-8-4-3-7-21(24)28-30-26(9-10-36-28)37-31(38-30)29-23-12-22(25(33)13-27(23)39-40-29)20-11-19(16-35-17-20)15-34-14-18-5-1-2-6-18/h3-4,7-13,16-18,34H,1-2,5-6,14-15H2,(H,37,38)(H,39,40). The molecule has 7 rings (SSSR count). The van der Waals surface area contributed by atoms with E-state index < -0.39 is 0 Å². The van der Waals surface area contributed by atoms with Crippen molar-refractivity contribution in [2.75, 3.05) is 6.54 Å². The number of aromatic nitrogens is 6. The molecule has 0 unspecified atom stereocenters. The fraction of sp³-hybridized carbons (Fsp3) is 0.226. The van der Waals surface area contributed by atoms with Crippen LogP contribution in [0.25, 0.3) is 55.8 Å². The summed E-state index contributed by atoms with van der Waals surface area (Å²) < 4.78 is 29.9. The number of pyridine rings is 2. The minimum Gasteiger partial charge on any atom is -0.336 e. The van der Waals surface area contributed by atoms with Crippen LogP contribution in [0.5, 0.6) is 0 Å². The van der Waals surface area contributed by atoms with Crippen molar-refractivity contribution in [3.8, 4) is 33.9 Å². The van der Waals surface area contributed by atoms with E-state index in [4.69, 9.17) is 4.98 Å². The second-order valence-electron chi connectivity index (χ2n) is 10.4. The Balaban J connectivity index is 1.24. The van der Waals surface area contributed by atoms with Crippen LogP contribution >= 0.6 is 0 Å². The van der Waals surface area contributed by atoms with Gasteiger partial charge in [0.25, 0.3) is 0 Å². The van der Waals surface area contributed by atoms with Crippen LogP contribution in [0.15, 0.2) is 67.1 Å². The average molecular weight is 536 g/mol. The Morgan fingerprint density at radius 3 is 2.65 bits per heavy atom. The van der Waals surface area contributed by atoms with E-state index in [9.17, 15) is 4.39 Å². The first-order valence-corrected chi connectivity index (χ1v) is 13.6. The predicted octanol–water partition coefficient (Wildman–Crippen LogP) is 6.79. The summed E-state index contributed by atoms with van der Waals surface area (Å²) in [5, 5.41) is 11.6. The van der Waals surface area contributed by atoms with E-state index >= 15 is 4.39 Å². The van der Waals surface area contributed by atoms with Gasteiger partial charge in [-0.2, -0.15) is 5.10 Å². The van der Waals surface area contributed by atoms with Gasteiger partial charge >= 0.3 is 0 Å². The molecule has 0 aliphatic heterocycles. The Morgan fingerprint density at radius 2 is 1.77 bits per heavy atom. The number of rotatable bonds is 7. The molecule has 1 fully saturated rings. The molecule has 0 atom stereocenters. The van der Waals surface area contributed by atoms with E-state index in [1.807, 2.05) is 12.3 Å². The summed E-state index contributed by atoms with van der Waals surface area (Å²) in [6, 6.07) is 13.5. The summed E-state index contributed by atoms with van der Waals surface area (Å²) in [5.74, 6) is 0.484. The van der Waals surface area contributed by atoms with Crippen LogP contribution in [0, 0.1) is 17.6 Å². The molecule has 3 N–H and O–H groups in total. The maximum absolute atomic E-state index is 15.3. The van der Waals surface area contributed by atoms with E-state index in [0.717, 1.165) is 18.0 Å². The molecule has 0 amide bonds. The highest BCUT2D eigenvalue weighted by Crippen LogP contribution is 2.34. The summed E-state index contributed by atoms with van der Waals surface area (Å²) in [4.78, 5) is 16.8. The Bertz CT molecular complexity index is 1840. The largest absolute Gasteiger partial charge is 0.336 e. The van der Waals surface area contributed by atoms with Crippen LogP contribution in [0.3, 0.4) is 0 Å². The van der Waals surface area contributed by atoms with Gasteiger partial charge in [0.1, 0.15) is 28.5 Å². The number of fused-ring (bicyclic) bond motifs is 2. The highest BCUT2D eigenvalue weighted by Gasteiger charge is 2.19. The lowest BCUT2D eigenvalue weighted by Gasteiger charge is -2.11. The van der Waals surface area contributed by atoms with Gasteiger partial charge in [-0.25, -0.2) is 13.8 Å². The normalized spacial score (nSPS) is 14.1. The molecule has 1 saturated carbocycles. The molecule has 2 aromatic carbocycles. The van der Waals surface area contributed by atoms with Gasteiger partial charge in [0.2, 0.25) is 0 Å². The zero-order valence-corrected chi connectivity index (χ0v) is 21.7. The summed E-state index contributed by atoms with van der Waals surface area (Å²) in [5.41, 5.74) is 5.26. The van der Waals surface area contributed by atoms with Crippen LogP contribution in [0.1, 0.15) is 31.2 Å². The van der Waals surface area contributed by atoms with Crippen molar-refractivity contribution in [1.29, 1.82) is 0 Å². The van der Waals surface area contributed by atoms with E-state index in [1.165, 1.54) is 37.8 Å². The van der Waals surface area contributed by atoms with Gasteiger partial charge in [-0.15, -0.1) is 0 Å². The number of nitrogens with one attached hydrogen (secondary N) is 3. The van der Waals surface area contributed by atoms with E-state index in [2.05, 4.69) is 30.5 Å². The summed E-state index contributed by atoms with van der Waals surface area (Å²) in [6.45, 7) is 1.68. The molecular weight excluding hydrogens is 508 g/mol. The van der Waals surface area contributed by atoms with Gasteiger partial charge in [0.05, 0.1) is 11.0 Å². The van der Waals surface area contributed by atoms with Crippen LogP contribution < -0.4 is 5.32 Å². The predicted molar refractivity (Wildman–Crippen MR) is 151 cm³/mol. The summed E-state index contributed by atoms with van der Waals surface area (Å²) >= 11 is 0. The molecule has 200 valence electrons. The van der Waals surface area contributed by atoms with Gasteiger partial charge in [0, 0.05) is 53.3 Å². The molecule has 0 bridgehead atoms. The molecule has 7 nitrogen and oxygen atoms in total. The molecular formula is C31H27F2N7. The first-order chi connectivity index (χ1) is 19.6. The quantitative estimate of drug-likeness (QED) is 0.209. The molecule has 40 heavy (non-hydrogen) atoms. The average Bonchev–Trinajstić information content (AvgIpc) is 3.73. The molecule has 6 aromatic rings. The van der Waals surface area contributed by atoms with Crippen molar-refractivity contribution < 1.29 is 8.78 Å². The second kappa shape index (κ2) is 10.2. The number of benzene rings is 2. The third-order valence-electron chi connectivity index (χ3n) is 7.75. The molecule has 4 heterocycles. The zero-order valence-electron chi connectivity index (χ0n) is 21.7. The maximum Gasteiger partial charge on any atom is 0.159 e. The van der Waals surface area contributed by atoms with Crippen molar-refractivity contribution in [3.63, 3.8) is 0 Å². The monoisotopic (exact) mass is 535 g/mol. The van der Waals surface area contributed by atoms with E-state index in [1.54, 1.807) is 42.7 Å². The van der Waals surface area contributed by atoms with Gasteiger partial charge in [-0.05, 0) is 61.2 Å². The lowest BCUT2D eigenvalue weighted by atomic mass is 10.0. The number of halogens is 2. The van der Waals surface area contributed by atoms with Crippen molar-refractivity contribution in [2.24, 2.45) is 5.92 Å². The van der Waals surface area contributed by atoms with Crippen molar-refractivity contribution in [2.45, 2.75) is 32.2 Å². The second-order valence-corrected chi connectivity index (χ2v) is 10.4. The first kappa shape index (κ1) is 24.5. The first-order valence-electron chi connectivity index (χ1n) is 13.6. The minimum atomic E-state index is -0.373. The fourth-order valence-corrected chi connectivity index (χ4v) is 5.70. The molecule has 0 spiro atoms. The summed E-state index contributed by atoms with van der Waals surface area (Å²) in [6.07, 6.45) is 10.3. The van der Waals surface area contributed by atoms with Crippen LogP contribution in [-0.4, -0.2) is 36.7 Å². The number of nitrogens with zero attached hydrogens (tertiary/aromatic N) is 4. The number of H-pyrrole nitrogens is 2. The highest BCUT2D eigenvalue weighted by atomic mass is 19.1. The minimum absolute atomic E-state index is 0.365. The van der Waals surface area contributed by atoms with E-state index in [0.29, 0.717) is 62.4 Å². The lowest BCUT2D eigenvalue weighted by molar-refractivity contribution is 0.489. The van der Waals surface area contributed by atoms with E-state index in [-0.39, 0.29) is 11.6 Å². The number of imidazole rings is 1. The van der Waals surface area contributed by atoms with Crippen molar-refractivity contribution in [1.82, 2.24) is 35.5 Å². The van der Waals surface area contributed by atoms with Crippen LogP contribution in [-0.2, 0) is 6.54 Å². The topological polar surface area (TPSA) is 95.2 Å².